The van der Waals surface area contributed by atoms with Crippen molar-refractivity contribution in [3.63, 3.8) is 0 Å². The zero-order valence-electron chi connectivity index (χ0n) is 7.80. The summed E-state index contributed by atoms with van der Waals surface area (Å²) in [6.07, 6.45) is 0.508. The molecule has 2 N–H and O–H groups in total. The highest BCUT2D eigenvalue weighted by molar-refractivity contribution is 14.1. The molecule has 1 atom stereocenters. The van der Waals surface area contributed by atoms with Gasteiger partial charge in [0.15, 0.2) is 0 Å². The number of fused-ring (bicyclic) bond motifs is 1. The first-order valence-electron chi connectivity index (χ1n) is 4.46. The lowest BCUT2D eigenvalue weighted by Gasteiger charge is -2.10. The number of halogens is 1. The van der Waals surface area contributed by atoms with Gasteiger partial charge in [-0.2, -0.15) is 0 Å². The van der Waals surface area contributed by atoms with Crippen LogP contribution in [0.25, 0.3) is 0 Å². The fourth-order valence-electron chi connectivity index (χ4n) is 1.47. The van der Waals surface area contributed by atoms with E-state index in [0.717, 1.165) is 11.4 Å². The third-order valence-corrected chi connectivity index (χ3v) is 2.88. The lowest BCUT2D eigenvalue weighted by Crippen LogP contribution is -2.16. The van der Waals surface area contributed by atoms with Gasteiger partial charge in [0.25, 0.3) is 0 Å². The van der Waals surface area contributed by atoms with E-state index in [1.807, 2.05) is 25.1 Å². The smallest absolute Gasteiger partial charge is 0.227 e. The molecule has 2 rings (SSSR count). The number of anilines is 2. The van der Waals surface area contributed by atoms with E-state index in [0.29, 0.717) is 6.42 Å². The average molecular weight is 302 g/mol. The predicted octanol–water partition coefficient (Wildman–Crippen LogP) is 2.51. The molecule has 0 radical (unpaired) electrons. The van der Waals surface area contributed by atoms with E-state index in [1.54, 1.807) is 0 Å². The van der Waals surface area contributed by atoms with E-state index >= 15 is 0 Å². The van der Waals surface area contributed by atoms with E-state index in [4.69, 9.17) is 0 Å². The van der Waals surface area contributed by atoms with Crippen LogP contribution in [0.2, 0.25) is 0 Å². The minimum atomic E-state index is 0.0690. The van der Waals surface area contributed by atoms with Gasteiger partial charge in [0.05, 0.1) is 21.8 Å². The van der Waals surface area contributed by atoms with Gasteiger partial charge in [0.1, 0.15) is 0 Å². The summed E-state index contributed by atoms with van der Waals surface area (Å²) in [7, 11) is 0. The van der Waals surface area contributed by atoms with Crippen LogP contribution in [0, 0.1) is 6.92 Å². The van der Waals surface area contributed by atoms with Crippen molar-refractivity contribution >= 4 is 39.9 Å². The standard InChI is InChI=1S/C10H11IN2O/c1-6-2-3-7-8(4-6)12-9(11)5-10(14)13-7/h2-4,9,12H,5H2,1H3,(H,13,14). The monoisotopic (exact) mass is 302 g/mol. The van der Waals surface area contributed by atoms with E-state index in [9.17, 15) is 4.79 Å². The molecule has 1 aromatic carbocycles. The van der Waals surface area contributed by atoms with Crippen LogP contribution in [0.1, 0.15) is 12.0 Å². The first-order valence-corrected chi connectivity index (χ1v) is 5.71. The molecule has 0 spiro atoms. The quantitative estimate of drug-likeness (QED) is 0.439. The zero-order chi connectivity index (χ0) is 10.1. The van der Waals surface area contributed by atoms with Crippen LogP contribution < -0.4 is 10.6 Å². The first kappa shape index (κ1) is 9.76. The fourth-order valence-corrected chi connectivity index (χ4v) is 2.21. The molecule has 4 heteroatoms. The maximum absolute atomic E-state index is 11.4. The fraction of sp³-hybridized carbons (Fsp3) is 0.300. The van der Waals surface area contributed by atoms with Crippen molar-refractivity contribution in [3.05, 3.63) is 23.8 Å². The van der Waals surface area contributed by atoms with Crippen molar-refractivity contribution < 1.29 is 4.79 Å². The molecule has 0 bridgehead atoms. The molecule has 0 saturated carbocycles. The average Bonchev–Trinajstić information content (AvgIpc) is 2.21. The normalized spacial score (nSPS) is 20.4. The number of rotatable bonds is 0. The molecule has 1 amide bonds. The van der Waals surface area contributed by atoms with Gasteiger partial charge in [-0.25, -0.2) is 0 Å². The molecule has 1 aliphatic rings. The minimum absolute atomic E-state index is 0.0690. The summed E-state index contributed by atoms with van der Waals surface area (Å²) in [5, 5.41) is 6.17. The maximum Gasteiger partial charge on any atom is 0.227 e. The van der Waals surface area contributed by atoms with Gasteiger partial charge >= 0.3 is 0 Å². The maximum atomic E-state index is 11.4. The number of hydrogen-bond donors (Lipinski definition) is 2. The van der Waals surface area contributed by atoms with Crippen LogP contribution >= 0.6 is 22.6 Å². The molecular weight excluding hydrogens is 291 g/mol. The highest BCUT2D eigenvalue weighted by atomic mass is 127. The number of benzene rings is 1. The number of alkyl halides is 1. The third-order valence-electron chi connectivity index (χ3n) is 2.13. The molecule has 74 valence electrons. The Morgan fingerprint density at radius 1 is 1.43 bits per heavy atom. The molecule has 1 heterocycles. The van der Waals surface area contributed by atoms with Crippen LogP contribution in [0.4, 0.5) is 11.4 Å². The second kappa shape index (κ2) is 3.76. The Morgan fingerprint density at radius 2 is 2.21 bits per heavy atom. The number of carbonyl (C=O) groups is 1. The number of hydrogen-bond acceptors (Lipinski definition) is 2. The molecular formula is C10H11IN2O. The van der Waals surface area contributed by atoms with Gasteiger partial charge in [-0.3, -0.25) is 4.79 Å². The molecule has 0 fully saturated rings. The Balaban J connectivity index is 2.41. The van der Waals surface area contributed by atoms with Crippen molar-refractivity contribution in [1.29, 1.82) is 0 Å². The first-order chi connectivity index (χ1) is 6.65. The topological polar surface area (TPSA) is 41.1 Å². The van der Waals surface area contributed by atoms with Gasteiger partial charge in [-0.15, -0.1) is 0 Å². The highest BCUT2D eigenvalue weighted by Crippen LogP contribution is 2.28. The summed E-state index contributed by atoms with van der Waals surface area (Å²) in [4.78, 5) is 11.4. The van der Waals surface area contributed by atoms with Gasteiger partial charge in [-0.05, 0) is 24.6 Å². The molecule has 14 heavy (non-hydrogen) atoms. The van der Waals surface area contributed by atoms with Crippen LogP contribution in [-0.4, -0.2) is 9.96 Å². The van der Waals surface area contributed by atoms with Crippen molar-refractivity contribution in [3.8, 4) is 0 Å². The predicted molar refractivity (Wildman–Crippen MR) is 65.9 cm³/mol. The molecule has 0 aliphatic carbocycles. The molecule has 1 aromatic rings. The largest absolute Gasteiger partial charge is 0.371 e. The van der Waals surface area contributed by atoms with Crippen molar-refractivity contribution in [2.45, 2.75) is 17.4 Å². The lowest BCUT2D eigenvalue weighted by atomic mass is 10.2. The lowest BCUT2D eigenvalue weighted by molar-refractivity contribution is -0.115. The zero-order valence-corrected chi connectivity index (χ0v) is 9.96. The Morgan fingerprint density at radius 3 is 3.00 bits per heavy atom. The van der Waals surface area contributed by atoms with Crippen LogP contribution in [0.3, 0.4) is 0 Å². The van der Waals surface area contributed by atoms with E-state index in [1.165, 1.54) is 5.56 Å². The summed E-state index contributed by atoms with van der Waals surface area (Å²) in [6.45, 7) is 2.04. The summed E-state index contributed by atoms with van der Waals surface area (Å²) in [5.74, 6) is 0.0690. The van der Waals surface area contributed by atoms with E-state index < -0.39 is 0 Å². The summed E-state index contributed by atoms with van der Waals surface area (Å²) < 4.78 is 0.163. The number of nitrogens with one attached hydrogen (secondary N) is 2. The highest BCUT2D eigenvalue weighted by Gasteiger charge is 2.17. The Bertz CT molecular complexity index is 378. The van der Waals surface area contributed by atoms with Gasteiger partial charge in [0, 0.05) is 0 Å². The molecule has 3 nitrogen and oxygen atoms in total. The molecule has 0 saturated heterocycles. The number of carbonyl (C=O) groups excluding carboxylic acids is 1. The van der Waals surface area contributed by atoms with Crippen molar-refractivity contribution in [2.75, 3.05) is 10.6 Å². The Kier molecular flexibility index (Phi) is 2.62. The van der Waals surface area contributed by atoms with Crippen molar-refractivity contribution in [2.24, 2.45) is 0 Å². The summed E-state index contributed by atoms with van der Waals surface area (Å²) >= 11 is 2.23. The van der Waals surface area contributed by atoms with Gasteiger partial charge < -0.3 is 10.6 Å². The van der Waals surface area contributed by atoms with Gasteiger partial charge in [0.2, 0.25) is 5.91 Å². The second-order valence-corrected chi connectivity index (χ2v) is 4.92. The summed E-state index contributed by atoms with van der Waals surface area (Å²) in [5.41, 5.74) is 3.08. The van der Waals surface area contributed by atoms with Gasteiger partial charge in [-0.1, -0.05) is 28.7 Å². The Labute approximate surface area is 96.4 Å². The number of aryl methyl sites for hydroxylation is 1. The third kappa shape index (κ3) is 2.00. The molecule has 1 aliphatic heterocycles. The van der Waals surface area contributed by atoms with Crippen LogP contribution in [-0.2, 0) is 4.79 Å². The Hall–Kier alpha value is -0.780. The van der Waals surface area contributed by atoms with E-state index in [-0.39, 0.29) is 9.96 Å². The van der Waals surface area contributed by atoms with Crippen LogP contribution in [0.15, 0.2) is 18.2 Å². The SMILES string of the molecule is Cc1ccc2c(c1)NC(I)CC(=O)N2. The van der Waals surface area contributed by atoms with E-state index in [2.05, 4.69) is 33.2 Å². The minimum Gasteiger partial charge on any atom is -0.371 e. The number of amides is 1. The second-order valence-electron chi connectivity index (χ2n) is 3.41. The molecule has 1 unspecified atom stereocenters. The summed E-state index contributed by atoms with van der Waals surface area (Å²) in [6, 6.07) is 5.98. The van der Waals surface area contributed by atoms with Crippen LogP contribution in [0.5, 0.6) is 0 Å². The molecule has 0 aromatic heterocycles. The van der Waals surface area contributed by atoms with Crippen molar-refractivity contribution in [1.82, 2.24) is 0 Å².